The van der Waals surface area contributed by atoms with Gasteiger partial charge < -0.3 is 29.1 Å². The zero-order valence-corrected chi connectivity index (χ0v) is 20.2. The van der Waals surface area contributed by atoms with Crippen LogP contribution in [0.25, 0.3) is 22.8 Å². The first kappa shape index (κ1) is 22.1. The molecule has 4 aromatic rings. The second-order valence-corrected chi connectivity index (χ2v) is 7.80. The fourth-order valence-corrected chi connectivity index (χ4v) is 3.19. The van der Waals surface area contributed by atoms with Gasteiger partial charge in [-0.1, -0.05) is 50.5 Å². The van der Waals surface area contributed by atoms with Gasteiger partial charge >= 0.3 is 21.1 Å². The van der Waals surface area contributed by atoms with Crippen LogP contribution in [0.1, 0.15) is 36.9 Å². The van der Waals surface area contributed by atoms with Crippen LogP contribution in [0, 0.1) is 26.2 Å². The van der Waals surface area contributed by atoms with Gasteiger partial charge in [-0.05, 0) is 62.9 Å². The maximum absolute atomic E-state index is 4.89. The number of aromatic nitrogens is 6. The van der Waals surface area contributed by atoms with E-state index in [1.807, 2.05) is 73.5 Å². The van der Waals surface area contributed by atoms with E-state index in [4.69, 9.17) is 9.97 Å². The van der Waals surface area contributed by atoms with Crippen LogP contribution in [0.15, 0.2) is 36.4 Å². The molecular weight excluding hydrogens is 555 g/mol. The third-order valence-electron chi connectivity index (χ3n) is 5.33. The summed E-state index contributed by atoms with van der Waals surface area (Å²) in [6.45, 7) is 8.18. The first-order chi connectivity index (χ1) is 13.8. The van der Waals surface area contributed by atoms with Crippen LogP contribution in [-0.4, -0.2) is 29.1 Å². The normalized spacial score (nSPS) is 11.4. The number of pyridine rings is 2. The number of aryl methyl sites for hydroxylation is 4. The molecule has 0 aliphatic heterocycles. The maximum atomic E-state index is 4.89. The van der Waals surface area contributed by atoms with Crippen molar-refractivity contribution in [2.45, 2.75) is 33.1 Å². The number of hydrogen-bond donors (Lipinski definition) is 0. The first-order valence-corrected chi connectivity index (χ1v) is 9.57. The van der Waals surface area contributed by atoms with Gasteiger partial charge in [0.25, 0.3) is 0 Å². The molecule has 0 radical (unpaired) electrons. The van der Waals surface area contributed by atoms with Gasteiger partial charge in [0.2, 0.25) is 0 Å². The van der Waals surface area contributed by atoms with E-state index in [2.05, 4.69) is 36.2 Å². The van der Waals surface area contributed by atoms with Gasteiger partial charge in [-0.25, -0.2) is 0 Å². The molecule has 0 saturated carbocycles. The summed E-state index contributed by atoms with van der Waals surface area (Å²) in [5.74, 6) is 1.81. The molecule has 0 aromatic carbocycles. The van der Waals surface area contributed by atoms with Crippen molar-refractivity contribution in [3.63, 3.8) is 0 Å². The smallest absolute Gasteiger partial charge is 0.444 e. The van der Waals surface area contributed by atoms with Crippen LogP contribution in [0.2, 0.25) is 0 Å². The number of hydrogen-bond acceptors (Lipinski definition) is 4. The quantitative estimate of drug-likeness (QED) is 0.345. The van der Waals surface area contributed by atoms with Crippen LogP contribution >= 0.6 is 0 Å². The summed E-state index contributed by atoms with van der Waals surface area (Å²) in [5.41, 5.74) is 4.59. The molecular formula is C23H24N6Pt. The monoisotopic (exact) mass is 579 g/mol. The standard InChI is InChI=1S/C23H24N6.Pt/c1-15-24-19(13-28(15)5)17-9-7-11-21(26-17)23(3,4)22-12-8-10-18(27-22)20-14-29(6)16(2)25-20;/h7-12H,1-6H3;/q-2;+2. The van der Waals surface area contributed by atoms with E-state index in [0.717, 1.165) is 45.8 Å². The summed E-state index contributed by atoms with van der Waals surface area (Å²) in [6.07, 6.45) is 6.46. The van der Waals surface area contributed by atoms with E-state index in [1.165, 1.54) is 0 Å². The molecule has 6 nitrogen and oxygen atoms in total. The molecule has 0 bridgehead atoms. The fourth-order valence-electron chi connectivity index (χ4n) is 3.19. The molecule has 4 rings (SSSR count). The molecule has 0 fully saturated rings. The van der Waals surface area contributed by atoms with Crippen LogP contribution in [0.3, 0.4) is 0 Å². The molecule has 0 atom stereocenters. The van der Waals surface area contributed by atoms with Crippen LogP contribution < -0.4 is 0 Å². The minimum atomic E-state index is -0.389. The topological polar surface area (TPSA) is 61.4 Å². The summed E-state index contributed by atoms with van der Waals surface area (Å²) < 4.78 is 3.76. The Labute approximate surface area is 191 Å². The number of imidazole rings is 2. The number of nitrogens with zero attached hydrogens (tertiary/aromatic N) is 6. The average molecular weight is 580 g/mol. The van der Waals surface area contributed by atoms with E-state index in [1.54, 1.807) is 0 Å². The Hall–Kier alpha value is -2.59. The van der Waals surface area contributed by atoms with E-state index in [9.17, 15) is 0 Å². The van der Waals surface area contributed by atoms with Crippen molar-refractivity contribution in [2.75, 3.05) is 0 Å². The minimum Gasteiger partial charge on any atom is -0.444 e. The molecule has 0 aliphatic carbocycles. The van der Waals surface area contributed by atoms with Crippen molar-refractivity contribution < 1.29 is 21.1 Å². The van der Waals surface area contributed by atoms with Crippen molar-refractivity contribution in [2.24, 2.45) is 14.1 Å². The predicted octanol–water partition coefficient (Wildman–Crippen LogP) is 3.82. The van der Waals surface area contributed by atoms with Gasteiger partial charge in [-0.15, -0.1) is 0 Å². The second-order valence-electron chi connectivity index (χ2n) is 7.80. The van der Waals surface area contributed by atoms with E-state index in [0.29, 0.717) is 0 Å². The third kappa shape index (κ3) is 4.01. The van der Waals surface area contributed by atoms with Crippen molar-refractivity contribution in [3.05, 3.63) is 71.8 Å². The molecule has 0 N–H and O–H groups in total. The van der Waals surface area contributed by atoms with E-state index in [-0.39, 0.29) is 26.5 Å². The van der Waals surface area contributed by atoms with Gasteiger partial charge in [0.15, 0.2) is 0 Å². The fraction of sp³-hybridized carbons (Fsp3) is 0.304. The van der Waals surface area contributed by atoms with Crippen molar-refractivity contribution in [3.8, 4) is 22.8 Å². The van der Waals surface area contributed by atoms with Gasteiger partial charge in [0, 0.05) is 28.5 Å². The molecule has 156 valence electrons. The SMILES string of the molecule is Cc1nc(-c2cccc(C(C)(C)c3cccc(-c4[c-]n(C)c(C)n4)n3)n2)[c-]n1C.[Pt+2]. The number of rotatable bonds is 4. The first-order valence-electron chi connectivity index (χ1n) is 9.57. The van der Waals surface area contributed by atoms with Gasteiger partial charge in [-0.3, -0.25) is 0 Å². The largest absolute Gasteiger partial charge is 2.00 e. The Morgan fingerprint density at radius 2 is 1.10 bits per heavy atom. The minimum absolute atomic E-state index is 0. The zero-order valence-electron chi connectivity index (χ0n) is 18.0. The summed E-state index contributed by atoms with van der Waals surface area (Å²) in [4.78, 5) is 18.9. The Kier molecular flexibility index (Phi) is 6.09. The third-order valence-corrected chi connectivity index (χ3v) is 5.33. The van der Waals surface area contributed by atoms with Crippen LogP contribution in [0.5, 0.6) is 0 Å². The molecule has 0 amide bonds. The molecule has 4 aromatic heterocycles. The summed E-state index contributed by atoms with van der Waals surface area (Å²) in [5, 5.41) is 0. The molecule has 0 aliphatic rings. The zero-order chi connectivity index (χ0) is 20.8. The average Bonchev–Trinajstić information content (AvgIpc) is 3.23. The molecule has 7 heteroatoms. The van der Waals surface area contributed by atoms with Gasteiger partial charge in [-0.2, -0.15) is 0 Å². The van der Waals surface area contributed by atoms with Gasteiger partial charge in [0.1, 0.15) is 0 Å². The molecule has 0 saturated heterocycles. The van der Waals surface area contributed by atoms with Crippen molar-refractivity contribution in [1.29, 1.82) is 0 Å². The van der Waals surface area contributed by atoms with Gasteiger partial charge in [0.05, 0.1) is 0 Å². The second kappa shape index (κ2) is 8.27. The summed E-state index contributed by atoms with van der Waals surface area (Å²) in [7, 11) is 3.87. The van der Waals surface area contributed by atoms with Crippen LogP contribution in [-0.2, 0) is 40.6 Å². The molecule has 30 heavy (non-hydrogen) atoms. The Morgan fingerprint density at radius 3 is 1.43 bits per heavy atom. The Morgan fingerprint density at radius 1 is 0.700 bits per heavy atom. The van der Waals surface area contributed by atoms with Crippen molar-refractivity contribution in [1.82, 2.24) is 29.1 Å². The maximum Gasteiger partial charge on any atom is 2.00 e. The van der Waals surface area contributed by atoms with E-state index < -0.39 is 0 Å². The molecule has 0 spiro atoms. The molecule has 0 unspecified atom stereocenters. The van der Waals surface area contributed by atoms with Crippen molar-refractivity contribution >= 4 is 0 Å². The summed E-state index contributed by atoms with van der Waals surface area (Å²) in [6, 6.07) is 12.0. The Bertz CT molecular complexity index is 1060. The predicted molar refractivity (Wildman–Crippen MR) is 112 cm³/mol. The van der Waals surface area contributed by atoms with Crippen LogP contribution in [0.4, 0.5) is 0 Å². The Balaban J connectivity index is 0.00000256. The van der Waals surface area contributed by atoms with E-state index >= 15 is 0 Å². The molecule has 4 heterocycles. The summed E-state index contributed by atoms with van der Waals surface area (Å²) >= 11 is 0.